The summed E-state index contributed by atoms with van der Waals surface area (Å²) < 4.78 is 0. The van der Waals surface area contributed by atoms with Crippen LogP contribution in [0, 0.1) is 0 Å². The van der Waals surface area contributed by atoms with Crippen LogP contribution in [0.1, 0.15) is 0 Å². The van der Waals surface area contributed by atoms with Crippen molar-refractivity contribution in [2.75, 3.05) is 13.8 Å². The van der Waals surface area contributed by atoms with Crippen LogP contribution < -0.4 is 5.32 Å². The van der Waals surface area contributed by atoms with Crippen LogP contribution in [0.5, 0.6) is 0 Å². The molecule has 0 heterocycles. The van der Waals surface area contributed by atoms with Crippen LogP contribution in [-0.2, 0) is 4.84 Å². The van der Waals surface area contributed by atoms with E-state index in [1.165, 1.54) is 6.34 Å². The zero-order valence-corrected chi connectivity index (χ0v) is 4.09. The summed E-state index contributed by atoms with van der Waals surface area (Å²) in [6.07, 6.45) is 1.33. The first-order valence-corrected chi connectivity index (χ1v) is 1.83. The van der Waals surface area contributed by atoms with Crippen molar-refractivity contribution in [2.24, 2.45) is 5.16 Å². The minimum atomic E-state index is -0.377. The number of hydrogen-bond acceptors (Lipinski definition) is 3. The molecule has 4 nitrogen and oxygen atoms in total. The summed E-state index contributed by atoms with van der Waals surface area (Å²) in [5, 5.41) is 13.7. The van der Waals surface area contributed by atoms with Crippen molar-refractivity contribution in [2.45, 2.75) is 0 Å². The topological polar surface area (TPSA) is 53.9 Å². The molecule has 4 heteroatoms. The highest BCUT2D eigenvalue weighted by Crippen LogP contribution is 1.63. The van der Waals surface area contributed by atoms with Crippen molar-refractivity contribution in [1.29, 1.82) is 0 Å². The Kier molecular flexibility index (Phi) is 4.65. The minimum absolute atomic E-state index is 0.377. The Balaban J connectivity index is 2.78. The third kappa shape index (κ3) is 5.23. The van der Waals surface area contributed by atoms with E-state index in [2.05, 4.69) is 15.3 Å². The second-order valence-corrected chi connectivity index (χ2v) is 0.781. The fourth-order valence-electron chi connectivity index (χ4n) is 0.123. The van der Waals surface area contributed by atoms with Crippen LogP contribution in [-0.4, -0.2) is 25.3 Å². The van der Waals surface area contributed by atoms with Gasteiger partial charge in [-0.1, -0.05) is 5.16 Å². The van der Waals surface area contributed by atoms with Crippen molar-refractivity contribution >= 4 is 6.34 Å². The van der Waals surface area contributed by atoms with Gasteiger partial charge in [-0.25, -0.2) is 0 Å². The maximum absolute atomic E-state index is 7.93. The highest BCUT2D eigenvalue weighted by atomic mass is 16.7. The predicted octanol–water partition coefficient (Wildman–Crippen LogP) is -0.885. The van der Waals surface area contributed by atoms with Crippen molar-refractivity contribution in [3.05, 3.63) is 0 Å². The molecular weight excluding hydrogens is 96.0 g/mol. The first kappa shape index (κ1) is 6.23. The first-order chi connectivity index (χ1) is 3.41. The van der Waals surface area contributed by atoms with Crippen LogP contribution in [0.25, 0.3) is 0 Å². The molecule has 0 unspecified atom stereocenters. The molecule has 0 radical (unpaired) electrons. The average Bonchev–Trinajstić information content (AvgIpc) is 1.69. The van der Waals surface area contributed by atoms with E-state index in [1.807, 2.05) is 0 Å². The molecule has 0 rings (SSSR count). The Morgan fingerprint density at radius 2 is 2.71 bits per heavy atom. The number of nitrogens with zero attached hydrogens (tertiary/aromatic N) is 1. The summed E-state index contributed by atoms with van der Waals surface area (Å²) in [4.78, 5) is 4.14. The molecule has 42 valence electrons. The molecule has 0 saturated carbocycles. The number of aliphatic hydroxyl groups excluding tert-OH is 1. The lowest BCUT2D eigenvalue weighted by Crippen LogP contribution is -2.01. The highest BCUT2D eigenvalue weighted by molar-refractivity contribution is 5.52. The average molecular weight is 104 g/mol. The fourth-order valence-corrected chi connectivity index (χ4v) is 0.123. The van der Waals surface area contributed by atoms with Gasteiger partial charge in [0.25, 0.3) is 0 Å². The van der Waals surface area contributed by atoms with E-state index in [-0.39, 0.29) is 6.79 Å². The van der Waals surface area contributed by atoms with Crippen molar-refractivity contribution < 1.29 is 9.94 Å². The Hall–Kier alpha value is -0.770. The Labute approximate surface area is 41.8 Å². The van der Waals surface area contributed by atoms with Gasteiger partial charge in [-0.15, -0.1) is 0 Å². The summed E-state index contributed by atoms with van der Waals surface area (Å²) >= 11 is 0. The van der Waals surface area contributed by atoms with E-state index in [0.29, 0.717) is 0 Å². The van der Waals surface area contributed by atoms with Crippen LogP contribution in [0.3, 0.4) is 0 Å². The van der Waals surface area contributed by atoms with Gasteiger partial charge in [0.1, 0.15) is 6.34 Å². The lowest BCUT2D eigenvalue weighted by Gasteiger charge is -1.86. The van der Waals surface area contributed by atoms with Crippen LogP contribution >= 0.6 is 0 Å². The van der Waals surface area contributed by atoms with Crippen LogP contribution in [0.15, 0.2) is 5.16 Å². The van der Waals surface area contributed by atoms with Crippen LogP contribution in [0.2, 0.25) is 0 Å². The van der Waals surface area contributed by atoms with Gasteiger partial charge in [0.05, 0.1) is 0 Å². The summed E-state index contributed by atoms with van der Waals surface area (Å²) in [5.74, 6) is 0. The normalized spacial score (nSPS) is 9.43. The van der Waals surface area contributed by atoms with Gasteiger partial charge < -0.3 is 15.3 Å². The third-order valence-corrected chi connectivity index (χ3v) is 0.314. The molecule has 0 amide bonds. The van der Waals surface area contributed by atoms with Gasteiger partial charge in [-0.3, -0.25) is 0 Å². The van der Waals surface area contributed by atoms with Gasteiger partial charge in [-0.05, 0) is 0 Å². The molecule has 0 aliphatic carbocycles. The molecule has 0 bridgehead atoms. The minimum Gasteiger partial charge on any atom is -0.376 e. The molecule has 0 aliphatic rings. The fraction of sp³-hybridized carbons (Fsp3) is 0.667. The molecule has 0 aromatic heterocycles. The number of oxime groups is 1. The SMILES string of the molecule is CN/C=N\OCO. The molecule has 0 aromatic rings. The van der Waals surface area contributed by atoms with Gasteiger partial charge in [-0.2, -0.15) is 0 Å². The third-order valence-electron chi connectivity index (χ3n) is 0.314. The Morgan fingerprint density at radius 3 is 3.14 bits per heavy atom. The Bertz CT molecular complexity index is 54.9. The largest absolute Gasteiger partial charge is 0.376 e. The number of hydrogen-bond donors (Lipinski definition) is 2. The van der Waals surface area contributed by atoms with Crippen LogP contribution in [0.4, 0.5) is 0 Å². The molecule has 0 atom stereocenters. The summed E-state index contributed by atoms with van der Waals surface area (Å²) in [6, 6.07) is 0. The molecule has 0 fully saturated rings. The van der Waals surface area contributed by atoms with E-state index in [4.69, 9.17) is 5.11 Å². The number of aliphatic hydroxyl groups is 1. The lowest BCUT2D eigenvalue weighted by molar-refractivity contribution is 0.00225. The molecule has 2 N–H and O–H groups in total. The van der Waals surface area contributed by atoms with Gasteiger partial charge in [0, 0.05) is 7.05 Å². The smallest absolute Gasteiger partial charge is 0.214 e. The van der Waals surface area contributed by atoms with E-state index in [0.717, 1.165) is 0 Å². The molecule has 0 aliphatic heterocycles. The molecular formula is C3H8N2O2. The first-order valence-electron chi connectivity index (χ1n) is 1.83. The summed E-state index contributed by atoms with van der Waals surface area (Å²) in [7, 11) is 1.68. The maximum Gasteiger partial charge on any atom is 0.214 e. The van der Waals surface area contributed by atoms with E-state index in [9.17, 15) is 0 Å². The van der Waals surface area contributed by atoms with Crippen molar-refractivity contribution in [3.8, 4) is 0 Å². The second kappa shape index (κ2) is 5.23. The number of rotatable bonds is 3. The zero-order valence-electron chi connectivity index (χ0n) is 4.09. The summed E-state index contributed by atoms with van der Waals surface area (Å²) in [5.41, 5.74) is 0. The van der Waals surface area contributed by atoms with E-state index < -0.39 is 0 Å². The van der Waals surface area contributed by atoms with Crippen molar-refractivity contribution in [3.63, 3.8) is 0 Å². The predicted molar refractivity (Wildman–Crippen MR) is 25.7 cm³/mol. The van der Waals surface area contributed by atoms with Crippen molar-refractivity contribution in [1.82, 2.24) is 5.32 Å². The summed E-state index contributed by atoms with van der Waals surface area (Å²) in [6.45, 7) is -0.377. The van der Waals surface area contributed by atoms with Gasteiger partial charge in [0.2, 0.25) is 6.79 Å². The van der Waals surface area contributed by atoms with E-state index in [1.54, 1.807) is 7.05 Å². The lowest BCUT2D eigenvalue weighted by atomic mass is 11.2. The zero-order chi connectivity index (χ0) is 5.54. The monoisotopic (exact) mass is 104 g/mol. The molecule has 0 aromatic carbocycles. The Morgan fingerprint density at radius 1 is 2.00 bits per heavy atom. The maximum atomic E-state index is 7.93. The molecule has 0 saturated heterocycles. The standard InChI is InChI=1S/C3H8N2O2/c1-4-2-5-7-3-6/h2,6H,3H2,1H3,(H,4,5). The van der Waals surface area contributed by atoms with Gasteiger partial charge in [0.15, 0.2) is 0 Å². The molecule has 7 heavy (non-hydrogen) atoms. The van der Waals surface area contributed by atoms with E-state index >= 15 is 0 Å². The second-order valence-electron chi connectivity index (χ2n) is 0.781. The quantitative estimate of drug-likeness (QED) is 0.211. The highest BCUT2D eigenvalue weighted by Gasteiger charge is 1.64. The number of nitrogens with one attached hydrogen (secondary N) is 1. The molecule has 0 spiro atoms. The van der Waals surface area contributed by atoms with Gasteiger partial charge >= 0.3 is 0 Å².